The number of amides is 2. The van der Waals surface area contributed by atoms with Crippen LogP contribution in [-0.2, 0) is 16.1 Å². The van der Waals surface area contributed by atoms with Crippen LogP contribution in [0.5, 0.6) is 5.75 Å². The highest BCUT2D eigenvalue weighted by Crippen LogP contribution is 2.17. The van der Waals surface area contributed by atoms with E-state index >= 15 is 0 Å². The fourth-order valence-corrected chi connectivity index (χ4v) is 3.13. The van der Waals surface area contributed by atoms with E-state index in [1.165, 1.54) is 0 Å². The van der Waals surface area contributed by atoms with Crippen molar-refractivity contribution in [2.45, 2.75) is 45.7 Å². The number of nitrogens with one attached hydrogen (secondary N) is 1. The summed E-state index contributed by atoms with van der Waals surface area (Å²) in [6.07, 6.45) is 1.51. The van der Waals surface area contributed by atoms with E-state index < -0.39 is 6.04 Å². The zero-order chi connectivity index (χ0) is 20.4. The van der Waals surface area contributed by atoms with Crippen molar-refractivity contribution >= 4 is 11.8 Å². The van der Waals surface area contributed by atoms with Crippen molar-refractivity contribution in [3.63, 3.8) is 0 Å². The third-order valence-electron chi connectivity index (χ3n) is 4.78. The minimum absolute atomic E-state index is 0.0321. The van der Waals surface area contributed by atoms with Gasteiger partial charge in [0.2, 0.25) is 11.8 Å². The van der Waals surface area contributed by atoms with Gasteiger partial charge in [-0.25, -0.2) is 0 Å². The number of aryl methyl sites for hydroxylation is 1. The molecule has 0 aromatic heterocycles. The van der Waals surface area contributed by atoms with E-state index in [4.69, 9.17) is 4.74 Å². The van der Waals surface area contributed by atoms with Crippen molar-refractivity contribution in [1.29, 1.82) is 0 Å². The molecule has 0 saturated heterocycles. The van der Waals surface area contributed by atoms with E-state index in [9.17, 15) is 9.59 Å². The summed E-state index contributed by atoms with van der Waals surface area (Å²) in [5.74, 6) is 0.629. The summed E-state index contributed by atoms with van der Waals surface area (Å²) in [7, 11) is 1.61. The number of nitrogens with zero attached hydrogens (tertiary/aromatic N) is 1. The van der Waals surface area contributed by atoms with Crippen molar-refractivity contribution < 1.29 is 14.3 Å². The summed E-state index contributed by atoms with van der Waals surface area (Å²) in [4.78, 5) is 27.0. The molecule has 5 nitrogen and oxygen atoms in total. The fraction of sp³-hybridized carbons (Fsp3) is 0.391. The van der Waals surface area contributed by atoms with Crippen LogP contribution >= 0.6 is 0 Å². The molecule has 0 aliphatic rings. The Morgan fingerprint density at radius 1 is 1.07 bits per heavy atom. The Bertz CT molecular complexity index is 761. The van der Waals surface area contributed by atoms with Crippen LogP contribution < -0.4 is 10.1 Å². The van der Waals surface area contributed by atoms with Gasteiger partial charge in [0.25, 0.3) is 0 Å². The number of benzene rings is 2. The Hall–Kier alpha value is -2.82. The molecule has 0 aliphatic heterocycles. The number of rotatable bonds is 10. The molecule has 0 saturated carbocycles. The Morgan fingerprint density at radius 3 is 2.39 bits per heavy atom. The number of hydrogen-bond acceptors (Lipinski definition) is 3. The molecule has 28 heavy (non-hydrogen) atoms. The molecule has 0 fully saturated rings. The van der Waals surface area contributed by atoms with E-state index in [-0.39, 0.29) is 11.8 Å². The van der Waals surface area contributed by atoms with Gasteiger partial charge in [0.05, 0.1) is 6.61 Å². The van der Waals surface area contributed by atoms with Gasteiger partial charge in [-0.15, -0.1) is 0 Å². The van der Waals surface area contributed by atoms with Gasteiger partial charge >= 0.3 is 0 Å². The van der Waals surface area contributed by atoms with Gasteiger partial charge in [-0.2, -0.15) is 0 Å². The predicted molar refractivity (Wildman–Crippen MR) is 111 cm³/mol. The van der Waals surface area contributed by atoms with Gasteiger partial charge in [0.1, 0.15) is 11.8 Å². The van der Waals surface area contributed by atoms with E-state index in [0.717, 1.165) is 16.9 Å². The predicted octanol–water partition coefficient (Wildman–Crippen LogP) is 3.71. The second kappa shape index (κ2) is 11.1. The monoisotopic (exact) mass is 382 g/mol. The molecule has 2 aromatic rings. The zero-order valence-corrected chi connectivity index (χ0v) is 17.0. The molecule has 2 aromatic carbocycles. The van der Waals surface area contributed by atoms with E-state index in [0.29, 0.717) is 32.4 Å². The van der Waals surface area contributed by atoms with Crippen molar-refractivity contribution in [2.75, 3.05) is 13.7 Å². The highest BCUT2D eigenvalue weighted by molar-refractivity contribution is 5.87. The number of hydrogen-bond donors (Lipinski definition) is 1. The molecule has 0 aliphatic carbocycles. The SMILES string of the molecule is CC[C@@H](C(=O)NC)N(Cc1ccccc1C)C(=O)CCCOc1ccccc1. The molecular weight excluding hydrogens is 352 g/mol. The highest BCUT2D eigenvalue weighted by atomic mass is 16.5. The Balaban J connectivity index is 2.03. The average molecular weight is 383 g/mol. The lowest BCUT2D eigenvalue weighted by Gasteiger charge is -2.30. The molecule has 0 radical (unpaired) electrons. The number of ether oxygens (including phenoxy) is 1. The van der Waals surface area contributed by atoms with Gasteiger partial charge < -0.3 is 15.0 Å². The average Bonchev–Trinajstić information content (AvgIpc) is 2.72. The molecular formula is C23H30N2O3. The maximum Gasteiger partial charge on any atom is 0.242 e. The van der Waals surface area contributed by atoms with Crippen LogP contribution in [-0.4, -0.2) is 36.4 Å². The van der Waals surface area contributed by atoms with Crippen LogP contribution in [0.25, 0.3) is 0 Å². The lowest BCUT2D eigenvalue weighted by molar-refractivity contribution is -0.141. The quantitative estimate of drug-likeness (QED) is 0.637. The van der Waals surface area contributed by atoms with Crippen molar-refractivity contribution in [2.24, 2.45) is 0 Å². The van der Waals surface area contributed by atoms with Crippen LogP contribution in [0.15, 0.2) is 54.6 Å². The van der Waals surface area contributed by atoms with Gasteiger partial charge in [-0.1, -0.05) is 49.4 Å². The molecule has 0 spiro atoms. The number of carbonyl (C=O) groups is 2. The summed E-state index contributed by atoms with van der Waals surface area (Å²) >= 11 is 0. The molecule has 0 unspecified atom stereocenters. The zero-order valence-electron chi connectivity index (χ0n) is 17.0. The lowest BCUT2D eigenvalue weighted by Crippen LogP contribution is -2.48. The molecule has 0 bridgehead atoms. The molecule has 0 heterocycles. The Labute approximate surface area is 167 Å². The van der Waals surface area contributed by atoms with Crippen LogP contribution in [0.3, 0.4) is 0 Å². The molecule has 2 rings (SSSR count). The van der Waals surface area contributed by atoms with E-state index in [1.54, 1.807) is 11.9 Å². The minimum atomic E-state index is -0.479. The summed E-state index contributed by atoms with van der Waals surface area (Å²) < 4.78 is 5.68. The van der Waals surface area contributed by atoms with Gasteiger partial charge in [-0.3, -0.25) is 9.59 Å². The number of carbonyl (C=O) groups excluding carboxylic acids is 2. The van der Waals surface area contributed by atoms with E-state index in [1.807, 2.05) is 68.4 Å². The third-order valence-corrected chi connectivity index (χ3v) is 4.78. The molecule has 1 atom stereocenters. The summed E-state index contributed by atoms with van der Waals surface area (Å²) in [5, 5.41) is 2.68. The van der Waals surface area contributed by atoms with Crippen molar-refractivity contribution in [3.05, 3.63) is 65.7 Å². The first kappa shape index (κ1) is 21.5. The fourth-order valence-electron chi connectivity index (χ4n) is 3.13. The normalized spacial score (nSPS) is 11.5. The number of likely N-dealkylation sites (N-methyl/N-ethyl adjacent to an activating group) is 1. The first-order chi connectivity index (χ1) is 13.6. The summed E-state index contributed by atoms with van der Waals surface area (Å²) in [5.41, 5.74) is 2.17. The maximum absolute atomic E-state index is 13.0. The lowest BCUT2D eigenvalue weighted by atomic mass is 10.1. The maximum atomic E-state index is 13.0. The molecule has 2 amide bonds. The number of para-hydroxylation sites is 1. The van der Waals surface area contributed by atoms with E-state index in [2.05, 4.69) is 5.32 Å². The van der Waals surface area contributed by atoms with Gasteiger partial charge in [-0.05, 0) is 43.0 Å². The van der Waals surface area contributed by atoms with Crippen LogP contribution in [0, 0.1) is 6.92 Å². The molecule has 5 heteroatoms. The topological polar surface area (TPSA) is 58.6 Å². The summed E-state index contributed by atoms with van der Waals surface area (Å²) in [6, 6.07) is 17.0. The van der Waals surface area contributed by atoms with Crippen LogP contribution in [0.4, 0.5) is 0 Å². The standard InChI is InChI=1S/C23H30N2O3/c1-4-21(23(27)24-3)25(17-19-12-9-8-11-18(19)2)22(26)15-10-16-28-20-13-6-5-7-14-20/h5-9,11-14,21H,4,10,15-17H2,1-3H3,(H,24,27)/t21-/m0/s1. The smallest absolute Gasteiger partial charge is 0.242 e. The first-order valence-corrected chi connectivity index (χ1v) is 9.80. The van der Waals surface area contributed by atoms with Crippen LogP contribution in [0.1, 0.15) is 37.3 Å². The second-order valence-corrected chi connectivity index (χ2v) is 6.75. The summed E-state index contributed by atoms with van der Waals surface area (Å²) in [6.45, 7) is 4.84. The Morgan fingerprint density at radius 2 is 1.75 bits per heavy atom. The second-order valence-electron chi connectivity index (χ2n) is 6.75. The highest BCUT2D eigenvalue weighted by Gasteiger charge is 2.27. The minimum Gasteiger partial charge on any atom is -0.494 e. The largest absolute Gasteiger partial charge is 0.494 e. The van der Waals surface area contributed by atoms with Crippen molar-refractivity contribution in [3.8, 4) is 5.75 Å². The molecule has 150 valence electrons. The first-order valence-electron chi connectivity index (χ1n) is 9.80. The van der Waals surface area contributed by atoms with Crippen LogP contribution in [0.2, 0.25) is 0 Å². The van der Waals surface area contributed by atoms with Crippen molar-refractivity contribution in [1.82, 2.24) is 10.2 Å². The third kappa shape index (κ3) is 6.12. The van der Waals surface area contributed by atoms with Gasteiger partial charge in [0, 0.05) is 20.0 Å². The van der Waals surface area contributed by atoms with Gasteiger partial charge in [0.15, 0.2) is 0 Å². The Kier molecular flexibility index (Phi) is 8.53. The molecule has 1 N–H and O–H groups in total.